The van der Waals surface area contributed by atoms with Crippen LogP contribution in [0.5, 0.6) is 0 Å². The van der Waals surface area contributed by atoms with Crippen LogP contribution in [0.25, 0.3) is 10.8 Å². The average Bonchev–Trinajstić information content (AvgIpc) is 3.03. The Morgan fingerprint density at radius 1 is 1.00 bits per heavy atom. The van der Waals surface area contributed by atoms with Gasteiger partial charge in [0.15, 0.2) is 0 Å². The Morgan fingerprint density at radius 2 is 1.84 bits per heavy atom. The lowest BCUT2D eigenvalue weighted by atomic mass is 10.1. The molecule has 0 saturated carbocycles. The number of nitrogens with one attached hydrogen (secondary N) is 2. The number of anilines is 4. The van der Waals surface area contributed by atoms with E-state index in [2.05, 4.69) is 63.1 Å². The minimum atomic E-state index is -0.290. The fourth-order valence-corrected chi connectivity index (χ4v) is 3.94. The smallest absolute Gasteiger partial charge is 0.258 e. The molecular formula is C25H19ClN4O. The Kier molecular flexibility index (Phi) is 5.02. The second-order valence-electron chi connectivity index (χ2n) is 7.16. The second-order valence-corrected chi connectivity index (χ2v) is 7.52. The molecule has 1 aliphatic heterocycles. The number of hydrogen-bond donors (Lipinski definition) is 2. The third-order valence-corrected chi connectivity index (χ3v) is 5.53. The summed E-state index contributed by atoms with van der Waals surface area (Å²) in [4.78, 5) is 18.6. The summed E-state index contributed by atoms with van der Waals surface area (Å²) < 4.78 is 0. The normalized spacial score (nSPS) is 12.7. The Labute approximate surface area is 185 Å². The van der Waals surface area contributed by atoms with Crippen molar-refractivity contribution in [1.82, 2.24) is 4.98 Å². The Morgan fingerprint density at radius 3 is 2.68 bits per heavy atom. The van der Waals surface area contributed by atoms with Gasteiger partial charge in [-0.05, 0) is 53.9 Å². The molecule has 152 valence electrons. The van der Waals surface area contributed by atoms with Gasteiger partial charge in [-0.2, -0.15) is 0 Å². The van der Waals surface area contributed by atoms with Crippen LogP contribution in [0.3, 0.4) is 0 Å². The minimum Gasteiger partial charge on any atom is -0.379 e. The van der Waals surface area contributed by atoms with E-state index in [-0.39, 0.29) is 11.1 Å². The standard InChI is InChI=1S/C25H19ClN4O/c26-24-21(7-3-14-28-24)25(31)29-18-9-11-19(12-10-18)30-16-4-15-27-23-20-6-2-1-5-17(20)8-13-22(23)30/h1-14,16,27H,15H2,(H,29,31). The van der Waals surface area contributed by atoms with E-state index in [0.29, 0.717) is 11.3 Å². The van der Waals surface area contributed by atoms with Crippen molar-refractivity contribution in [3.63, 3.8) is 0 Å². The van der Waals surface area contributed by atoms with Gasteiger partial charge < -0.3 is 15.5 Å². The number of fused-ring (bicyclic) bond motifs is 3. The Balaban J connectivity index is 1.44. The molecule has 1 aliphatic rings. The first-order valence-corrected chi connectivity index (χ1v) is 10.3. The summed E-state index contributed by atoms with van der Waals surface area (Å²) in [6.45, 7) is 0.748. The predicted octanol–water partition coefficient (Wildman–Crippen LogP) is 6.22. The molecule has 0 aliphatic carbocycles. The lowest BCUT2D eigenvalue weighted by molar-refractivity contribution is 0.102. The monoisotopic (exact) mass is 426 g/mol. The second kappa shape index (κ2) is 8.13. The van der Waals surface area contributed by atoms with Gasteiger partial charge in [-0.25, -0.2) is 4.98 Å². The number of benzene rings is 3. The van der Waals surface area contributed by atoms with Crippen LogP contribution in [-0.2, 0) is 0 Å². The summed E-state index contributed by atoms with van der Waals surface area (Å²) in [5.41, 5.74) is 4.20. The van der Waals surface area contributed by atoms with Crippen LogP contribution in [-0.4, -0.2) is 17.4 Å². The maximum Gasteiger partial charge on any atom is 0.258 e. The lowest BCUT2D eigenvalue weighted by Crippen LogP contribution is -2.13. The molecular weight excluding hydrogens is 408 g/mol. The number of carbonyl (C=O) groups excluding carboxylic acids is 1. The molecule has 1 amide bonds. The Bertz CT molecular complexity index is 1300. The molecule has 0 bridgehead atoms. The van der Waals surface area contributed by atoms with E-state index in [1.165, 1.54) is 10.8 Å². The van der Waals surface area contributed by atoms with Gasteiger partial charge in [0, 0.05) is 35.7 Å². The quantitative estimate of drug-likeness (QED) is 0.382. The van der Waals surface area contributed by atoms with Crippen molar-refractivity contribution < 1.29 is 4.79 Å². The van der Waals surface area contributed by atoms with Crippen LogP contribution >= 0.6 is 11.6 Å². The van der Waals surface area contributed by atoms with Crippen LogP contribution in [0, 0.1) is 0 Å². The van der Waals surface area contributed by atoms with Crippen molar-refractivity contribution in [3.8, 4) is 0 Å². The van der Waals surface area contributed by atoms with Gasteiger partial charge in [0.2, 0.25) is 0 Å². The zero-order chi connectivity index (χ0) is 21.2. The van der Waals surface area contributed by atoms with Gasteiger partial charge in [-0.15, -0.1) is 0 Å². The first kappa shape index (κ1) is 19.2. The maximum atomic E-state index is 12.5. The van der Waals surface area contributed by atoms with E-state index in [0.717, 1.165) is 23.6 Å². The number of rotatable bonds is 3. The van der Waals surface area contributed by atoms with Crippen LogP contribution < -0.4 is 15.5 Å². The van der Waals surface area contributed by atoms with E-state index < -0.39 is 0 Å². The highest BCUT2D eigenvalue weighted by atomic mass is 35.5. The summed E-state index contributed by atoms with van der Waals surface area (Å²) in [5, 5.41) is 8.96. The van der Waals surface area contributed by atoms with E-state index >= 15 is 0 Å². The van der Waals surface area contributed by atoms with Crippen molar-refractivity contribution in [1.29, 1.82) is 0 Å². The number of aromatic nitrogens is 1. The molecule has 0 fully saturated rings. The average molecular weight is 427 g/mol. The minimum absolute atomic E-state index is 0.183. The summed E-state index contributed by atoms with van der Waals surface area (Å²) in [6.07, 6.45) is 5.71. The van der Waals surface area contributed by atoms with Crippen molar-refractivity contribution >= 4 is 51.0 Å². The third kappa shape index (κ3) is 3.71. The zero-order valence-corrected chi connectivity index (χ0v) is 17.3. The molecule has 4 aromatic rings. The van der Waals surface area contributed by atoms with Crippen molar-refractivity contribution in [2.45, 2.75) is 0 Å². The van der Waals surface area contributed by atoms with Crippen molar-refractivity contribution in [2.75, 3.05) is 22.1 Å². The highest BCUT2D eigenvalue weighted by Crippen LogP contribution is 2.39. The van der Waals surface area contributed by atoms with Crippen molar-refractivity contribution in [3.05, 3.63) is 102 Å². The number of halogens is 1. The van der Waals surface area contributed by atoms with Crippen LogP contribution in [0.15, 0.2) is 91.3 Å². The summed E-state index contributed by atoms with van der Waals surface area (Å²) in [7, 11) is 0. The SMILES string of the molecule is O=C(Nc1ccc(N2C=CCNc3c2ccc2ccccc32)cc1)c1cccnc1Cl. The molecule has 0 atom stereocenters. The molecule has 2 heterocycles. The molecule has 31 heavy (non-hydrogen) atoms. The number of hydrogen-bond acceptors (Lipinski definition) is 4. The third-order valence-electron chi connectivity index (χ3n) is 5.22. The molecule has 0 radical (unpaired) electrons. The van der Waals surface area contributed by atoms with Crippen LogP contribution in [0.1, 0.15) is 10.4 Å². The lowest BCUT2D eigenvalue weighted by Gasteiger charge is -2.23. The van der Waals surface area contributed by atoms with Gasteiger partial charge in [0.25, 0.3) is 5.91 Å². The number of pyridine rings is 1. The molecule has 0 unspecified atom stereocenters. The van der Waals surface area contributed by atoms with Crippen LogP contribution in [0.2, 0.25) is 5.15 Å². The predicted molar refractivity (Wildman–Crippen MR) is 127 cm³/mol. The zero-order valence-electron chi connectivity index (χ0n) is 16.5. The highest BCUT2D eigenvalue weighted by molar-refractivity contribution is 6.33. The molecule has 5 nitrogen and oxygen atoms in total. The van der Waals surface area contributed by atoms with Gasteiger partial charge >= 0.3 is 0 Å². The van der Waals surface area contributed by atoms with Crippen LogP contribution in [0.4, 0.5) is 22.7 Å². The van der Waals surface area contributed by atoms with E-state index in [4.69, 9.17) is 11.6 Å². The highest BCUT2D eigenvalue weighted by Gasteiger charge is 2.16. The van der Waals surface area contributed by atoms with Gasteiger partial charge in [-0.3, -0.25) is 4.79 Å². The molecule has 3 aromatic carbocycles. The fraction of sp³-hybridized carbons (Fsp3) is 0.0400. The summed E-state index contributed by atoms with van der Waals surface area (Å²) in [5.74, 6) is -0.290. The molecule has 6 heteroatoms. The first-order valence-electron chi connectivity index (χ1n) is 9.94. The Hall–Kier alpha value is -3.83. The molecule has 0 saturated heterocycles. The van der Waals surface area contributed by atoms with E-state index in [1.54, 1.807) is 18.3 Å². The van der Waals surface area contributed by atoms with Gasteiger partial charge in [-0.1, -0.05) is 41.9 Å². The van der Waals surface area contributed by atoms with E-state index in [9.17, 15) is 4.79 Å². The maximum absolute atomic E-state index is 12.5. The fourth-order valence-electron chi connectivity index (χ4n) is 3.73. The summed E-state index contributed by atoms with van der Waals surface area (Å²) in [6, 6.07) is 23.7. The largest absolute Gasteiger partial charge is 0.379 e. The first-order chi connectivity index (χ1) is 15.2. The van der Waals surface area contributed by atoms with Gasteiger partial charge in [0.05, 0.1) is 16.9 Å². The number of carbonyl (C=O) groups is 1. The van der Waals surface area contributed by atoms with E-state index in [1.807, 2.05) is 30.3 Å². The molecule has 0 spiro atoms. The topological polar surface area (TPSA) is 57.3 Å². The molecule has 2 N–H and O–H groups in total. The van der Waals surface area contributed by atoms with Crippen molar-refractivity contribution in [2.24, 2.45) is 0 Å². The number of amides is 1. The molecule has 5 rings (SSSR count). The number of nitrogens with zero attached hydrogens (tertiary/aromatic N) is 2. The molecule has 1 aromatic heterocycles. The summed E-state index contributed by atoms with van der Waals surface area (Å²) >= 11 is 6.02. The van der Waals surface area contributed by atoms with Gasteiger partial charge in [0.1, 0.15) is 5.15 Å².